The normalized spacial score (nSPS) is 16.0. The van der Waals surface area contributed by atoms with Crippen LogP contribution in [-0.4, -0.2) is 60.0 Å². The van der Waals surface area contributed by atoms with Crippen LogP contribution in [0, 0.1) is 0 Å². The number of amides is 1. The SMILES string of the molecule is O=C(NCCN1CCNCC1)c1ccc2c(c1)Nc1[nH]c(=O)ncc1O2. The molecule has 0 aliphatic carbocycles. The lowest BCUT2D eigenvalue weighted by Gasteiger charge is -2.27. The van der Waals surface area contributed by atoms with Gasteiger partial charge in [0.25, 0.3) is 5.91 Å². The van der Waals surface area contributed by atoms with Crippen LogP contribution in [-0.2, 0) is 0 Å². The highest BCUT2D eigenvalue weighted by molar-refractivity contribution is 5.96. The summed E-state index contributed by atoms with van der Waals surface area (Å²) >= 11 is 0. The Bertz CT molecular complexity index is 875. The quantitative estimate of drug-likeness (QED) is 0.530. The number of fused-ring (bicyclic) bond motifs is 2. The molecule has 26 heavy (non-hydrogen) atoms. The number of ether oxygens (including phenoxy) is 1. The molecule has 1 fully saturated rings. The number of rotatable bonds is 4. The van der Waals surface area contributed by atoms with Crippen LogP contribution in [0.3, 0.4) is 0 Å². The van der Waals surface area contributed by atoms with Crippen molar-refractivity contribution in [2.45, 2.75) is 0 Å². The van der Waals surface area contributed by atoms with Gasteiger partial charge in [-0.2, -0.15) is 4.98 Å². The zero-order chi connectivity index (χ0) is 17.9. The molecular weight excluding hydrogens is 336 g/mol. The minimum atomic E-state index is -0.467. The summed E-state index contributed by atoms with van der Waals surface area (Å²) in [5.41, 5.74) is 0.680. The number of aromatic amines is 1. The van der Waals surface area contributed by atoms with Crippen molar-refractivity contribution in [2.75, 3.05) is 44.6 Å². The monoisotopic (exact) mass is 356 g/mol. The summed E-state index contributed by atoms with van der Waals surface area (Å²) in [4.78, 5) is 32.3. The van der Waals surface area contributed by atoms with Crippen LogP contribution in [0.2, 0.25) is 0 Å². The van der Waals surface area contributed by atoms with Gasteiger partial charge in [0.05, 0.1) is 11.9 Å². The Morgan fingerprint density at radius 3 is 2.96 bits per heavy atom. The highest BCUT2D eigenvalue weighted by Crippen LogP contribution is 2.39. The van der Waals surface area contributed by atoms with E-state index in [4.69, 9.17) is 4.74 Å². The van der Waals surface area contributed by atoms with Gasteiger partial charge in [0.15, 0.2) is 17.3 Å². The average Bonchev–Trinajstić information content (AvgIpc) is 2.66. The molecule has 0 radical (unpaired) electrons. The van der Waals surface area contributed by atoms with Crippen molar-refractivity contribution in [1.82, 2.24) is 25.5 Å². The number of hydrogen-bond acceptors (Lipinski definition) is 7. The fraction of sp³-hybridized carbons (Fsp3) is 0.353. The first-order chi connectivity index (χ1) is 12.7. The highest BCUT2D eigenvalue weighted by Gasteiger charge is 2.19. The van der Waals surface area contributed by atoms with Crippen LogP contribution in [0.4, 0.5) is 11.5 Å². The molecule has 0 atom stereocenters. The van der Waals surface area contributed by atoms with Crippen molar-refractivity contribution in [1.29, 1.82) is 0 Å². The number of carbonyl (C=O) groups is 1. The van der Waals surface area contributed by atoms with E-state index in [0.717, 1.165) is 32.7 Å². The topological polar surface area (TPSA) is 111 Å². The Balaban J connectivity index is 1.40. The second kappa shape index (κ2) is 7.14. The molecule has 2 aromatic rings. The molecular formula is C17H20N6O3. The molecule has 3 heterocycles. The van der Waals surface area contributed by atoms with E-state index in [9.17, 15) is 9.59 Å². The van der Waals surface area contributed by atoms with E-state index >= 15 is 0 Å². The summed E-state index contributed by atoms with van der Waals surface area (Å²) in [7, 11) is 0. The molecule has 1 amide bonds. The number of carbonyl (C=O) groups excluding carboxylic acids is 1. The predicted molar refractivity (Wildman–Crippen MR) is 96.3 cm³/mol. The van der Waals surface area contributed by atoms with Crippen molar-refractivity contribution < 1.29 is 9.53 Å². The molecule has 2 aliphatic heterocycles. The zero-order valence-electron chi connectivity index (χ0n) is 14.2. The number of aromatic nitrogens is 2. The van der Waals surface area contributed by atoms with Crippen molar-refractivity contribution in [3.8, 4) is 11.5 Å². The molecule has 4 N–H and O–H groups in total. The van der Waals surface area contributed by atoms with Crippen LogP contribution in [0.5, 0.6) is 11.5 Å². The maximum Gasteiger partial charge on any atom is 0.346 e. The average molecular weight is 356 g/mol. The number of hydrogen-bond donors (Lipinski definition) is 4. The molecule has 0 saturated carbocycles. The molecule has 9 nitrogen and oxygen atoms in total. The fourth-order valence-electron chi connectivity index (χ4n) is 3.03. The summed E-state index contributed by atoms with van der Waals surface area (Å²) in [6.45, 7) is 5.42. The number of benzene rings is 1. The summed E-state index contributed by atoms with van der Waals surface area (Å²) in [5.74, 6) is 1.29. The number of nitrogens with one attached hydrogen (secondary N) is 4. The minimum absolute atomic E-state index is 0.140. The minimum Gasteiger partial charge on any atom is -0.450 e. The van der Waals surface area contributed by atoms with Gasteiger partial charge < -0.3 is 20.7 Å². The Labute approximate surface area is 149 Å². The molecule has 0 unspecified atom stereocenters. The van der Waals surface area contributed by atoms with E-state index in [2.05, 4.69) is 30.8 Å². The van der Waals surface area contributed by atoms with Gasteiger partial charge in [-0.15, -0.1) is 0 Å². The first-order valence-corrected chi connectivity index (χ1v) is 8.58. The van der Waals surface area contributed by atoms with Gasteiger partial charge in [0.2, 0.25) is 0 Å². The molecule has 1 aromatic carbocycles. The lowest BCUT2D eigenvalue weighted by Crippen LogP contribution is -2.46. The Kier molecular flexibility index (Phi) is 4.55. The summed E-state index contributed by atoms with van der Waals surface area (Å²) < 4.78 is 5.69. The van der Waals surface area contributed by atoms with E-state index in [1.54, 1.807) is 18.2 Å². The maximum atomic E-state index is 12.4. The Morgan fingerprint density at radius 1 is 1.27 bits per heavy atom. The molecule has 2 aliphatic rings. The van der Waals surface area contributed by atoms with E-state index in [-0.39, 0.29) is 5.91 Å². The molecule has 136 valence electrons. The third kappa shape index (κ3) is 3.53. The summed E-state index contributed by atoms with van der Waals surface area (Å²) in [6.07, 6.45) is 1.36. The van der Waals surface area contributed by atoms with Gasteiger partial charge in [-0.3, -0.25) is 14.7 Å². The maximum absolute atomic E-state index is 12.4. The van der Waals surface area contributed by atoms with Crippen molar-refractivity contribution in [2.24, 2.45) is 0 Å². The summed E-state index contributed by atoms with van der Waals surface area (Å²) in [5, 5.41) is 9.32. The molecule has 4 rings (SSSR count). The van der Waals surface area contributed by atoms with E-state index in [1.807, 2.05) is 0 Å². The second-order valence-corrected chi connectivity index (χ2v) is 6.21. The van der Waals surface area contributed by atoms with Crippen LogP contribution >= 0.6 is 0 Å². The highest BCUT2D eigenvalue weighted by atomic mass is 16.5. The van der Waals surface area contributed by atoms with Gasteiger partial charge in [-0.1, -0.05) is 0 Å². The first-order valence-electron chi connectivity index (χ1n) is 8.58. The molecule has 9 heteroatoms. The summed E-state index contributed by atoms with van der Waals surface area (Å²) in [6, 6.07) is 5.14. The smallest absolute Gasteiger partial charge is 0.346 e. The van der Waals surface area contributed by atoms with E-state index in [0.29, 0.717) is 35.1 Å². The number of piperazine rings is 1. The third-order valence-electron chi connectivity index (χ3n) is 4.42. The van der Waals surface area contributed by atoms with Crippen LogP contribution in [0.15, 0.2) is 29.2 Å². The Hall–Kier alpha value is -2.91. The van der Waals surface area contributed by atoms with Crippen LogP contribution in [0.25, 0.3) is 0 Å². The van der Waals surface area contributed by atoms with Crippen molar-refractivity contribution in [3.05, 3.63) is 40.4 Å². The molecule has 0 bridgehead atoms. The number of H-pyrrole nitrogens is 1. The first kappa shape index (κ1) is 16.6. The van der Waals surface area contributed by atoms with Crippen molar-refractivity contribution >= 4 is 17.4 Å². The number of nitrogens with zero attached hydrogens (tertiary/aromatic N) is 2. The lowest BCUT2D eigenvalue weighted by molar-refractivity contribution is 0.0947. The fourth-order valence-corrected chi connectivity index (χ4v) is 3.03. The second-order valence-electron chi connectivity index (χ2n) is 6.21. The van der Waals surface area contributed by atoms with Crippen LogP contribution < -0.4 is 26.4 Å². The molecule has 1 aromatic heterocycles. The third-order valence-corrected chi connectivity index (χ3v) is 4.42. The van der Waals surface area contributed by atoms with Crippen molar-refractivity contribution in [3.63, 3.8) is 0 Å². The van der Waals surface area contributed by atoms with Crippen LogP contribution in [0.1, 0.15) is 10.4 Å². The van der Waals surface area contributed by atoms with E-state index < -0.39 is 5.69 Å². The zero-order valence-corrected chi connectivity index (χ0v) is 14.2. The molecule has 0 spiro atoms. The lowest BCUT2D eigenvalue weighted by atomic mass is 10.1. The predicted octanol–water partition coefficient (Wildman–Crippen LogP) is 0.254. The largest absolute Gasteiger partial charge is 0.450 e. The number of anilines is 2. The van der Waals surface area contributed by atoms with E-state index in [1.165, 1.54) is 6.20 Å². The van der Waals surface area contributed by atoms with Gasteiger partial charge in [0.1, 0.15) is 0 Å². The van der Waals surface area contributed by atoms with Gasteiger partial charge in [0, 0.05) is 44.8 Å². The standard InChI is InChI=1S/C17H20N6O3/c24-16(19-5-8-23-6-3-18-4-7-23)11-1-2-13-12(9-11)21-15-14(26-13)10-20-17(25)22-15/h1-2,9-10,18H,3-8H2,(H,19,24)(H2,20,21,22,25). The van der Waals surface area contributed by atoms with Gasteiger partial charge in [-0.05, 0) is 18.2 Å². The Morgan fingerprint density at radius 2 is 2.12 bits per heavy atom. The molecule has 1 saturated heterocycles. The van der Waals surface area contributed by atoms with Gasteiger partial charge in [-0.25, -0.2) is 4.79 Å². The van der Waals surface area contributed by atoms with Gasteiger partial charge >= 0.3 is 5.69 Å².